The molecular weight excluding hydrogens is 418 g/mol. The van der Waals surface area contributed by atoms with Crippen molar-refractivity contribution in [2.75, 3.05) is 6.61 Å². The first-order valence-electron chi connectivity index (χ1n) is 10.8. The Morgan fingerprint density at radius 2 is 1.85 bits per heavy atom. The summed E-state index contributed by atoms with van der Waals surface area (Å²) in [6.07, 6.45) is 2.95. The van der Waals surface area contributed by atoms with E-state index in [4.69, 9.17) is 4.74 Å². The second-order valence-electron chi connectivity index (χ2n) is 8.63. The number of para-hydroxylation sites is 1. The number of nitrogens with one attached hydrogen (secondary N) is 1. The zero-order valence-corrected chi connectivity index (χ0v) is 19.3. The second kappa shape index (κ2) is 10.2. The molecule has 0 aliphatic heterocycles. The number of hydrogen-bond donors (Lipinski definition) is 2. The molecule has 3 aromatic rings. The van der Waals surface area contributed by atoms with Crippen molar-refractivity contribution in [1.29, 1.82) is 0 Å². The van der Waals surface area contributed by atoms with Crippen molar-refractivity contribution in [2.24, 2.45) is 5.10 Å². The van der Waals surface area contributed by atoms with Crippen LogP contribution in [0.3, 0.4) is 0 Å². The van der Waals surface area contributed by atoms with Crippen LogP contribution in [0, 0.1) is 0 Å². The smallest absolute Gasteiger partial charge is 0.276 e. The van der Waals surface area contributed by atoms with Crippen molar-refractivity contribution in [3.63, 3.8) is 0 Å². The zero-order chi connectivity index (χ0) is 24.0. The van der Waals surface area contributed by atoms with E-state index in [0.717, 1.165) is 5.56 Å². The van der Waals surface area contributed by atoms with Gasteiger partial charge in [0.05, 0.1) is 19.4 Å². The number of phenols is 1. The summed E-state index contributed by atoms with van der Waals surface area (Å²) in [4.78, 5) is 25.4. The summed E-state index contributed by atoms with van der Waals surface area (Å²) in [5, 5.41) is 14.1. The third-order valence-electron chi connectivity index (χ3n) is 5.14. The van der Waals surface area contributed by atoms with Gasteiger partial charge < -0.3 is 14.4 Å². The van der Waals surface area contributed by atoms with Crippen LogP contribution >= 0.6 is 0 Å². The van der Waals surface area contributed by atoms with Gasteiger partial charge in [0.1, 0.15) is 5.56 Å². The number of amides is 1. The van der Waals surface area contributed by atoms with E-state index in [1.165, 1.54) is 22.4 Å². The number of nitrogens with zero attached hydrogens (tertiary/aromatic N) is 2. The van der Waals surface area contributed by atoms with E-state index < -0.39 is 11.5 Å². The largest absolute Gasteiger partial charge is 0.504 e. The monoisotopic (exact) mass is 447 g/mol. The molecule has 1 amide bonds. The normalized spacial score (nSPS) is 11.5. The number of rotatable bonds is 7. The molecule has 0 fully saturated rings. The van der Waals surface area contributed by atoms with Crippen LogP contribution < -0.4 is 15.7 Å². The van der Waals surface area contributed by atoms with Crippen LogP contribution in [0.5, 0.6) is 11.5 Å². The number of aromatic hydroxyl groups is 1. The Bertz CT molecular complexity index is 1210. The summed E-state index contributed by atoms with van der Waals surface area (Å²) in [7, 11) is 0. The molecule has 172 valence electrons. The highest BCUT2D eigenvalue weighted by molar-refractivity contribution is 5.94. The van der Waals surface area contributed by atoms with E-state index in [1.807, 2.05) is 19.1 Å². The third kappa shape index (κ3) is 5.88. The fourth-order valence-corrected chi connectivity index (χ4v) is 3.28. The van der Waals surface area contributed by atoms with Crippen LogP contribution in [0.2, 0.25) is 0 Å². The number of benzene rings is 2. The van der Waals surface area contributed by atoms with Gasteiger partial charge in [0.15, 0.2) is 11.5 Å². The summed E-state index contributed by atoms with van der Waals surface area (Å²) in [5.41, 5.74) is 4.52. The molecule has 1 heterocycles. The molecule has 1 aromatic heterocycles. The maximum absolute atomic E-state index is 12.8. The lowest BCUT2D eigenvalue weighted by molar-refractivity contribution is 0.0953. The molecule has 3 rings (SSSR count). The summed E-state index contributed by atoms with van der Waals surface area (Å²) in [6, 6.07) is 16.2. The summed E-state index contributed by atoms with van der Waals surface area (Å²) in [5.74, 6) is -0.375. The Kier molecular flexibility index (Phi) is 7.33. The minimum Gasteiger partial charge on any atom is -0.504 e. The molecule has 2 aromatic carbocycles. The fourth-order valence-electron chi connectivity index (χ4n) is 3.28. The van der Waals surface area contributed by atoms with E-state index in [-0.39, 0.29) is 16.7 Å². The minimum atomic E-state index is -0.630. The molecule has 2 N–H and O–H groups in total. The maximum Gasteiger partial charge on any atom is 0.276 e. The number of carbonyl (C=O) groups is 1. The number of pyridine rings is 1. The summed E-state index contributed by atoms with van der Waals surface area (Å²) >= 11 is 0. The molecule has 0 atom stereocenters. The predicted octanol–water partition coefficient (Wildman–Crippen LogP) is 4.06. The Morgan fingerprint density at radius 1 is 1.12 bits per heavy atom. The maximum atomic E-state index is 12.8. The SMILES string of the molecule is CCOc1cccc(/C=N\NC(=O)c2cccn(Cc3ccc(C(C)(C)C)cc3)c2=O)c1O. The lowest BCUT2D eigenvalue weighted by Crippen LogP contribution is -2.30. The summed E-state index contributed by atoms with van der Waals surface area (Å²) in [6.45, 7) is 9.02. The Labute approximate surface area is 193 Å². The first-order valence-corrected chi connectivity index (χ1v) is 10.8. The highest BCUT2D eigenvalue weighted by atomic mass is 16.5. The Hall–Kier alpha value is -3.87. The molecule has 0 aliphatic carbocycles. The van der Waals surface area contributed by atoms with Gasteiger partial charge in [-0.05, 0) is 47.7 Å². The molecule has 7 nitrogen and oxygen atoms in total. The van der Waals surface area contributed by atoms with Crippen molar-refractivity contribution in [2.45, 2.75) is 39.7 Å². The third-order valence-corrected chi connectivity index (χ3v) is 5.14. The van der Waals surface area contributed by atoms with Gasteiger partial charge in [-0.3, -0.25) is 9.59 Å². The van der Waals surface area contributed by atoms with E-state index in [1.54, 1.807) is 30.5 Å². The van der Waals surface area contributed by atoms with Crippen LogP contribution in [0.1, 0.15) is 54.7 Å². The highest BCUT2D eigenvalue weighted by Gasteiger charge is 2.14. The quantitative estimate of drug-likeness (QED) is 0.422. The molecule has 33 heavy (non-hydrogen) atoms. The van der Waals surface area contributed by atoms with Crippen molar-refractivity contribution in [3.05, 3.63) is 93.4 Å². The van der Waals surface area contributed by atoms with E-state index in [0.29, 0.717) is 24.5 Å². The van der Waals surface area contributed by atoms with Crippen LogP contribution in [-0.4, -0.2) is 28.4 Å². The highest BCUT2D eigenvalue weighted by Crippen LogP contribution is 2.28. The molecular formula is C26H29N3O4. The molecule has 0 bridgehead atoms. The van der Waals surface area contributed by atoms with Gasteiger partial charge in [0.25, 0.3) is 11.5 Å². The summed E-state index contributed by atoms with van der Waals surface area (Å²) < 4.78 is 6.82. The average Bonchev–Trinajstić information content (AvgIpc) is 2.77. The molecule has 7 heteroatoms. The van der Waals surface area contributed by atoms with Gasteiger partial charge in [-0.15, -0.1) is 0 Å². The number of aromatic nitrogens is 1. The number of ether oxygens (including phenoxy) is 1. The minimum absolute atomic E-state index is 0.0201. The Morgan fingerprint density at radius 3 is 2.52 bits per heavy atom. The lowest BCUT2D eigenvalue weighted by Gasteiger charge is -2.19. The van der Waals surface area contributed by atoms with Gasteiger partial charge in [-0.25, -0.2) is 5.43 Å². The molecule has 0 saturated heterocycles. The van der Waals surface area contributed by atoms with Gasteiger partial charge >= 0.3 is 0 Å². The van der Waals surface area contributed by atoms with Crippen LogP contribution in [0.4, 0.5) is 0 Å². The Balaban J connectivity index is 1.72. The van der Waals surface area contributed by atoms with Crippen molar-refractivity contribution in [1.82, 2.24) is 9.99 Å². The molecule has 0 saturated carbocycles. The molecule has 0 unspecified atom stereocenters. The van der Waals surface area contributed by atoms with Crippen LogP contribution in [0.15, 0.2) is 70.7 Å². The van der Waals surface area contributed by atoms with E-state index in [9.17, 15) is 14.7 Å². The fraction of sp³-hybridized carbons (Fsp3) is 0.269. The number of hydrazone groups is 1. The van der Waals surface area contributed by atoms with E-state index in [2.05, 4.69) is 43.4 Å². The van der Waals surface area contributed by atoms with Gasteiger partial charge in [-0.2, -0.15) is 5.10 Å². The standard InChI is InChI=1S/C26H29N3O4/c1-5-33-22-10-6-8-19(23(22)30)16-27-28-24(31)21-9-7-15-29(25(21)32)17-18-11-13-20(14-12-18)26(2,3)4/h6-16,30H,5,17H2,1-4H3,(H,28,31)/b27-16-. The van der Waals surface area contributed by atoms with Crippen molar-refractivity contribution < 1.29 is 14.6 Å². The predicted molar refractivity (Wildman–Crippen MR) is 129 cm³/mol. The number of hydrogen-bond acceptors (Lipinski definition) is 5. The van der Waals surface area contributed by atoms with Gasteiger partial charge in [0.2, 0.25) is 0 Å². The van der Waals surface area contributed by atoms with E-state index >= 15 is 0 Å². The molecule has 0 aliphatic rings. The van der Waals surface area contributed by atoms with Crippen molar-refractivity contribution >= 4 is 12.1 Å². The molecule has 0 radical (unpaired) electrons. The topological polar surface area (TPSA) is 92.9 Å². The van der Waals surface area contributed by atoms with Gasteiger partial charge in [-0.1, -0.05) is 51.1 Å². The first-order chi connectivity index (χ1) is 15.7. The van der Waals surface area contributed by atoms with Crippen LogP contribution in [0.25, 0.3) is 0 Å². The van der Waals surface area contributed by atoms with Crippen molar-refractivity contribution in [3.8, 4) is 11.5 Å². The zero-order valence-electron chi connectivity index (χ0n) is 19.3. The lowest BCUT2D eigenvalue weighted by atomic mass is 9.87. The van der Waals surface area contributed by atoms with Gasteiger partial charge in [0, 0.05) is 11.8 Å². The first kappa shape index (κ1) is 23.8. The average molecular weight is 448 g/mol. The van der Waals surface area contributed by atoms with Crippen LogP contribution in [-0.2, 0) is 12.0 Å². The number of carbonyl (C=O) groups excluding carboxylic acids is 1. The second-order valence-corrected chi connectivity index (χ2v) is 8.63. The number of phenolic OH excluding ortho intramolecular Hbond substituents is 1. The molecule has 0 spiro atoms.